The maximum absolute atomic E-state index is 11.4. The minimum Gasteiger partial charge on any atom is -0.507 e. The summed E-state index contributed by atoms with van der Waals surface area (Å²) >= 11 is 0. The number of phenolic OH excluding ortho intramolecular Hbond substituents is 1. The molecule has 14 heavy (non-hydrogen) atoms. The van der Waals surface area contributed by atoms with E-state index in [0.717, 1.165) is 0 Å². The van der Waals surface area contributed by atoms with Gasteiger partial charge in [-0.15, -0.1) is 0 Å². The van der Waals surface area contributed by atoms with Crippen LogP contribution in [-0.2, 0) is 0 Å². The first-order valence-corrected chi connectivity index (χ1v) is 4.10. The highest BCUT2D eigenvalue weighted by Gasteiger charge is 2.10. The van der Waals surface area contributed by atoms with Crippen molar-refractivity contribution in [2.75, 3.05) is 6.54 Å². The minimum atomic E-state index is -0.437. The maximum Gasteiger partial charge on any atom is 0.255 e. The SMILES string of the molecule is Cc1cccc(C(=O)NCC#N)c1O. The highest BCUT2D eigenvalue weighted by Crippen LogP contribution is 2.20. The van der Waals surface area contributed by atoms with Gasteiger partial charge in [-0.05, 0) is 18.6 Å². The van der Waals surface area contributed by atoms with E-state index in [1.165, 1.54) is 6.07 Å². The molecule has 4 heteroatoms. The number of para-hydroxylation sites is 1. The number of amides is 1. The van der Waals surface area contributed by atoms with E-state index in [0.29, 0.717) is 5.56 Å². The Labute approximate surface area is 81.8 Å². The van der Waals surface area contributed by atoms with Crippen LogP contribution in [0.5, 0.6) is 5.75 Å². The molecule has 0 saturated carbocycles. The Morgan fingerprint density at radius 3 is 3.00 bits per heavy atom. The molecule has 72 valence electrons. The molecule has 2 N–H and O–H groups in total. The molecule has 1 rings (SSSR count). The van der Waals surface area contributed by atoms with Gasteiger partial charge in [0.15, 0.2) is 0 Å². The van der Waals surface area contributed by atoms with Crippen molar-refractivity contribution in [2.45, 2.75) is 6.92 Å². The molecule has 0 heterocycles. The summed E-state index contributed by atoms with van der Waals surface area (Å²) in [5, 5.41) is 20.1. The monoisotopic (exact) mass is 190 g/mol. The van der Waals surface area contributed by atoms with Crippen LogP contribution in [0.1, 0.15) is 15.9 Å². The number of rotatable bonds is 2. The zero-order valence-corrected chi connectivity index (χ0v) is 7.74. The molecule has 0 atom stereocenters. The van der Waals surface area contributed by atoms with Crippen LogP contribution in [0.25, 0.3) is 0 Å². The standard InChI is InChI=1S/C10H10N2O2/c1-7-3-2-4-8(9(7)13)10(14)12-6-5-11/h2-4,13H,6H2,1H3,(H,12,14). The smallest absolute Gasteiger partial charge is 0.255 e. The predicted octanol–water partition coefficient (Wildman–Crippen LogP) is 0.954. The molecule has 4 nitrogen and oxygen atoms in total. The second-order valence-corrected chi connectivity index (χ2v) is 2.81. The summed E-state index contributed by atoms with van der Waals surface area (Å²) in [7, 11) is 0. The summed E-state index contributed by atoms with van der Waals surface area (Å²) in [5.41, 5.74) is 0.829. The normalized spacial score (nSPS) is 9.14. The molecular formula is C10H10N2O2. The summed E-state index contributed by atoms with van der Waals surface area (Å²) in [6, 6.07) is 6.68. The van der Waals surface area contributed by atoms with Crippen LogP contribution in [0.4, 0.5) is 0 Å². The van der Waals surface area contributed by atoms with Gasteiger partial charge in [0.05, 0.1) is 11.6 Å². The fourth-order valence-corrected chi connectivity index (χ4v) is 1.06. The van der Waals surface area contributed by atoms with E-state index in [1.807, 2.05) is 0 Å². The zero-order valence-electron chi connectivity index (χ0n) is 7.74. The van der Waals surface area contributed by atoms with Crippen LogP contribution < -0.4 is 5.32 Å². The average molecular weight is 190 g/mol. The predicted molar refractivity (Wildman–Crippen MR) is 50.8 cm³/mol. The van der Waals surface area contributed by atoms with Gasteiger partial charge >= 0.3 is 0 Å². The van der Waals surface area contributed by atoms with Gasteiger partial charge in [0.25, 0.3) is 5.91 Å². The Kier molecular flexibility index (Phi) is 3.08. The molecule has 0 unspecified atom stereocenters. The molecular weight excluding hydrogens is 180 g/mol. The van der Waals surface area contributed by atoms with E-state index in [4.69, 9.17) is 5.26 Å². The van der Waals surface area contributed by atoms with E-state index in [2.05, 4.69) is 5.32 Å². The molecule has 0 radical (unpaired) electrons. The molecule has 1 aromatic rings. The van der Waals surface area contributed by atoms with Gasteiger partial charge in [-0.3, -0.25) is 4.79 Å². The highest BCUT2D eigenvalue weighted by molar-refractivity contribution is 5.97. The number of aromatic hydroxyl groups is 1. The molecule has 0 aliphatic carbocycles. The van der Waals surface area contributed by atoms with Gasteiger partial charge in [0.2, 0.25) is 0 Å². The Morgan fingerprint density at radius 2 is 2.36 bits per heavy atom. The Bertz CT molecular complexity index is 394. The quantitative estimate of drug-likeness (QED) is 0.682. The van der Waals surface area contributed by atoms with Crippen molar-refractivity contribution in [1.29, 1.82) is 5.26 Å². The lowest BCUT2D eigenvalue weighted by Gasteiger charge is -2.05. The molecule has 0 spiro atoms. The van der Waals surface area contributed by atoms with Crippen LogP contribution in [0.2, 0.25) is 0 Å². The highest BCUT2D eigenvalue weighted by atomic mass is 16.3. The van der Waals surface area contributed by atoms with E-state index in [9.17, 15) is 9.90 Å². The van der Waals surface area contributed by atoms with Gasteiger partial charge in [0.1, 0.15) is 12.3 Å². The van der Waals surface area contributed by atoms with Crippen LogP contribution in [0.3, 0.4) is 0 Å². The lowest BCUT2D eigenvalue weighted by molar-refractivity contribution is 0.0955. The number of hydrogen-bond acceptors (Lipinski definition) is 3. The molecule has 0 aliphatic rings. The third-order valence-electron chi connectivity index (χ3n) is 1.81. The first-order valence-electron chi connectivity index (χ1n) is 4.10. The number of carbonyl (C=O) groups is 1. The first kappa shape index (κ1) is 10.1. The number of phenols is 1. The summed E-state index contributed by atoms with van der Waals surface area (Å²) in [6.07, 6.45) is 0. The van der Waals surface area contributed by atoms with Gasteiger partial charge in [0, 0.05) is 0 Å². The number of nitrogens with zero attached hydrogens (tertiary/aromatic N) is 1. The van der Waals surface area contributed by atoms with E-state index < -0.39 is 5.91 Å². The largest absolute Gasteiger partial charge is 0.507 e. The number of aryl methyl sites for hydroxylation is 1. The third-order valence-corrected chi connectivity index (χ3v) is 1.81. The molecule has 1 aromatic carbocycles. The van der Waals surface area contributed by atoms with E-state index >= 15 is 0 Å². The van der Waals surface area contributed by atoms with Crippen molar-refractivity contribution < 1.29 is 9.90 Å². The van der Waals surface area contributed by atoms with Crippen molar-refractivity contribution in [3.63, 3.8) is 0 Å². The lowest BCUT2D eigenvalue weighted by Crippen LogP contribution is -2.23. The summed E-state index contributed by atoms with van der Waals surface area (Å²) in [5.74, 6) is -0.476. The van der Waals surface area contributed by atoms with Crippen molar-refractivity contribution in [3.8, 4) is 11.8 Å². The van der Waals surface area contributed by atoms with E-state index in [1.54, 1.807) is 25.1 Å². The molecule has 0 fully saturated rings. The van der Waals surface area contributed by atoms with Crippen molar-refractivity contribution in [3.05, 3.63) is 29.3 Å². The summed E-state index contributed by atoms with van der Waals surface area (Å²) < 4.78 is 0. The second-order valence-electron chi connectivity index (χ2n) is 2.81. The first-order chi connectivity index (χ1) is 6.66. The lowest BCUT2D eigenvalue weighted by atomic mass is 10.1. The molecule has 0 bridgehead atoms. The number of hydrogen-bond donors (Lipinski definition) is 2. The van der Waals surface area contributed by atoms with Gasteiger partial charge in [-0.1, -0.05) is 12.1 Å². The van der Waals surface area contributed by atoms with Gasteiger partial charge in [-0.2, -0.15) is 5.26 Å². The maximum atomic E-state index is 11.4. The Morgan fingerprint density at radius 1 is 1.64 bits per heavy atom. The average Bonchev–Trinajstić information content (AvgIpc) is 2.18. The van der Waals surface area contributed by atoms with Crippen LogP contribution in [-0.4, -0.2) is 17.6 Å². The van der Waals surface area contributed by atoms with E-state index in [-0.39, 0.29) is 17.9 Å². The van der Waals surface area contributed by atoms with Gasteiger partial charge < -0.3 is 10.4 Å². The molecule has 0 saturated heterocycles. The molecule has 0 aromatic heterocycles. The van der Waals surface area contributed by atoms with Crippen LogP contribution in [0.15, 0.2) is 18.2 Å². The molecule has 1 amide bonds. The van der Waals surface area contributed by atoms with Gasteiger partial charge in [-0.25, -0.2) is 0 Å². The molecule has 0 aliphatic heterocycles. The fraction of sp³-hybridized carbons (Fsp3) is 0.200. The minimum absolute atomic E-state index is 0.0389. The van der Waals surface area contributed by atoms with Crippen molar-refractivity contribution >= 4 is 5.91 Å². The summed E-state index contributed by atoms with van der Waals surface area (Å²) in [6.45, 7) is 1.64. The zero-order chi connectivity index (χ0) is 10.6. The number of nitrogens with one attached hydrogen (secondary N) is 1. The second kappa shape index (κ2) is 4.28. The Hall–Kier alpha value is -2.02. The topological polar surface area (TPSA) is 73.1 Å². The number of benzene rings is 1. The number of carbonyl (C=O) groups excluding carboxylic acids is 1. The van der Waals surface area contributed by atoms with Crippen molar-refractivity contribution in [1.82, 2.24) is 5.32 Å². The fourth-order valence-electron chi connectivity index (χ4n) is 1.06. The van der Waals surface area contributed by atoms with Crippen LogP contribution in [0, 0.1) is 18.3 Å². The third kappa shape index (κ3) is 2.02. The van der Waals surface area contributed by atoms with Crippen LogP contribution >= 0.6 is 0 Å². The van der Waals surface area contributed by atoms with Crippen molar-refractivity contribution in [2.24, 2.45) is 0 Å². The number of nitriles is 1. The Balaban J connectivity index is 2.91. The summed E-state index contributed by atoms with van der Waals surface area (Å²) in [4.78, 5) is 11.4.